The quantitative estimate of drug-likeness (QED) is 0.0370. The van der Waals surface area contributed by atoms with Crippen molar-refractivity contribution in [1.29, 1.82) is 0 Å². The van der Waals surface area contributed by atoms with Crippen LogP contribution in [0.4, 0.5) is 78.2 Å². The normalized spacial score (nSPS) is 16.1. The van der Waals surface area contributed by atoms with Gasteiger partial charge >= 0.3 is 0 Å². The number of hydrogen-bond acceptors (Lipinski definition) is 26. The highest BCUT2D eigenvalue weighted by atomic mass is 19.1. The highest BCUT2D eigenvalue weighted by Gasteiger charge is 2.34. The molecule has 0 unspecified atom stereocenters. The number of carbonyl (C=O) groups is 3. The van der Waals surface area contributed by atoms with Crippen LogP contribution in [0, 0.1) is 55.7 Å². The van der Waals surface area contributed by atoms with Gasteiger partial charge in [-0.2, -0.15) is 0 Å². The van der Waals surface area contributed by atoms with Gasteiger partial charge in [0.1, 0.15) is 47.3 Å². The van der Waals surface area contributed by atoms with Gasteiger partial charge in [0.25, 0.3) is 17.7 Å². The monoisotopic (exact) mass is 1690 g/mol. The molecule has 0 bridgehead atoms. The molecule has 0 saturated carbocycles. The van der Waals surface area contributed by atoms with Gasteiger partial charge in [-0.25, -0.2) is 66.2 Å². The molecule has 12 aromatic rings. The number of carbonyl (C=O) groups excluding carboxylic acids is 3. The summed E-state index contributed by atoms with van der Waals surface area (Å²) in [5, 5.41) is 12.9. The largest absolute Gasteiger partial charge is 0.435 e. The van der Waals surface area contributed by atoms with E-state index in [2.05, 4.69) is 115 Å². The molecule has 14 heterocycles. The average molecular weight is 1690 g/mol. The third-order valence-electron chi connectivity index (χ3n) is 22.0. The predicted molar refractivity (Wildman–Crippen MR) is 449 cm³/mol. The number of fused-ring (bicyclic) bond motifs is 3. The van der Waals surface area contributed by atoms with Crippen molar-refractivity contribution in [3.63, 3.8) is 0 Å². The van der Waals surface area contributed by atoms with E-state index in [4.69, 9.17) is 28.4 Å². The van der Waals surface area contributed by atoms with E-state index in [0.29, 0.717) is 113 Å². The molecule has 642 valence electrons. The topological polar surface area (TPSA) is 331 Å². The number of ether oxygens (including phenoxy) is 6. The first-order valence-electron chi connectivity index (χ1n) is 40.6. The van der Waals surface area contributed by atoms with Gasteiger partial charge in [-0.05, 0) is 101 Å². The fraction of sp³-hybridized carbons (Fsp3) is 0.353. The van der Waals surface area contributed by atoms with Crippen LogP contribution in [0.1, 0.15) is 55.1 Å². The molecule has 6 fully saturated rings. The van der Waals surface area contributed by atoms with Crippen molar-refractivity contribution < 1.29 is 69.1 Å². The smallest absolute Gasteiger partial charge is 0.263 e. The maximum Gasteiger partial charge on any atom is 0.263 e. The average Bonchev–Trinajstić information content (AvgIpc) is 1.77. The van der Waals surface area contributed by atoms with Crippen LogP contribution in [0.2, 0.25) is 0 Å². The Hall–Kier alpha value is -13.0. The first kappa shape index (κ1) is 83.6. The summed E-state index contributed by atoms with van der Waals surface area (Å²) in [7, 11) is 2.10. The molecular weight excluding hydrogens is 1600 g/mol. The number of aromatic nitrogens is 11. The summed E-state index contributed by atoms with van der Waals surface area (Å²) >= 11 is 0. The minimum absolute atomic E-state index is 0.0146. The molecule has 8 aromatic heterocycles. The Morgan fingerprint density at radius 1 is 0.407 bits per heavy atom. The first-order chi connectivity index (χ1) is 59.7. The van der Waals surface area contributed by atoms with E-state index < -0.39 is 64.1 Å². The molecule has 3 amide bonds. The lowest BCUT2D eigenvalue weighted by atomic mass is 10.2. The Kier molecular flexibility index (Phi) is 25.5. The number of anilines is 9. The molecule has 4 aromatic carbocycles. The molecule has 6 saturated heterocycles. The van der Waals surface area contributed by atoms with E-state index >= 15 is 13.2 Å². The number of aromatic amines is 3. The van der Waals surface area contributed by atoms with Crippen molar-refractivity contribution in [2.24, 2.45) is 0 Å². The number of hydrogen-bond donors (Lipinski definition) is 7. The summed E-state index contributed by atoms with van der Waals surface area (Å²) in [6, 6.07) is 22.6. The van der Waals surface area contributed by atoms with Crippen LogP contribution in [-0.2, 0) is 14.2 Å². The molecule has 32 nitrogen and oxygen atoms in total. The van der Waals surface area contributed by atoms with Gasteiger partial charge < -0.3 is 104 Å². The third-order valence-corrected chi connectivity index (χ3v) is 22.0. The number of H-pyrrole nitrogens is 3. The second kappa shape index (κ2) is 37.5. The van der Waals surface area contributed by atoms with Gasteiger partial charge in [0.2, 0.25) is 17.6 Å². The Labute approximate surface area is 702 Å². The zero-order valence-electron chi connectivity index (χ0n) is 68.2. The molecule has 18 rings (SSSR count). The van der Waals surface area contributed by atoms with Crippen molar-refractivity contribution in [1.82, 2.24) is 84.6 Å². The Morgan fingerprint density at radius 3 is 1.10 bits per heavy atom. The molecule has 0 atom stereocenters. The number of benzene rings is 4. The van der Waals surface area contributed by atoms with E-state index in [-0.39, 0.29) is 90.2 Å². The summed E-state index contributed by atoms with van der Waals surface area (Å²) in [4.78, 5) is 100. The summed E-state index contributed by atoms with van der Waals surface area (Å²) in [5.74, 6) is -6.07. The number of likely N-dealkylation sites (N-methyl/N-ethyl adjacent to an activating group) is 2. The van der Waals surface area contributed by atoms with Crippen LogP contribution >= 0.6 is 0 Å². The fourth-order valence-electron chi connectivity index (χ4n) is 15.3. The van der Waals surface area contributed by atoms with Crippen molar-refractivity contribution in [3.05, 3.63) is 185 Å². The lowest BCUT2D eigenvalue weighted by Gasteiger charge is -2.35. The molecule has 0 aliphatic carbocycles. The van der Waals surface area contributed by atoms with Gasteiger partial charge in [-0.3, -0.25) is 14.4 Å². The van der Waals surface area contributed by atoms with E-state index in [9.17, 15) is 27.6 Å². The lowest BCUT2D eigenvalue weighted by Crippen LogP contribution is -2.46. The number of halogens is 6. The van der Waals surface area contributed by atoms with Gasteiger partial charge in [-0.15, -0.1) is 0 Å². The minimum atomic E-state index is -0.773. The molecule has 6 aliphatic rings. The molecule has 0 spiro atoms. The molecule has 123 heavy (non-hydrogen) atoms. The number of nitrogens with one attached hydrogen (secondary N) is 7. The van der Waals surface area contributed by atoms with Crippen LogP contribution in [0.3, 0.4) is 0 Å². The van der Waals surface area contributed by atoms with Crippen LogP contribution in [0.15, 0.2) is 116 Å². The Bertz CT molecular complexity index is 5790. The van der Waals surface area contributed by atoms with E-state index in [1.54, 1.807) is 53.9 Å². The van der Waals surface area contributed by atoms with Crippen LogP contribution in [0.25, 0.3) is 32.7 Å². The lowest BCUT2D eigenvalue weighted by molar-refractivity contribution is 0.0299. The van der Waals surface area contributed by atoms with Crippen LogP contribution < -0.4 is 50.2 Å². The van der Waals surface area contributed by atoms with Crippen LogP contribution in [-0.4, -0.2) is 268 Å². The zero-order chi connectivity index (χ0) is 85.4. The zero-order valence-corrected chi connectivity index (χ0v) is 68.2. The standard InChI is InChI=1S/C29H32F2N8O3.C28H30F2N8O3.C28H29F2N7O3/c1-3-37-6-8-38(9-7-37)19-4-5-23(32-16-19)36-27-24(29(40)39-10-12-41-13-11-39)28(34-17-33-27)42-22-15-21(30)26-20(25(22)31)14-18(2)35-26;1-17-13-19-24(30)21(14-20(29)25(19)34-17)41-27-23(28(39)38-9-11-40-12-10-38)26(32-16-33-27)35-22-4-3-18(15-31-22)37-7-5-36(2)6-8-37;1-17-14-20-24(30)22(15-21(29)25(20)34-17)40-27-23(28(38)37-10-12-39-13-11-37)26(32-16-33-27)35-18-2-4-19(5-3-18)36-8-6-31-7-9-36/h4-5,14-17,35H,3,6-13H2,1-2H3,(H,32,33,34,36);3-4,13-16,34H,5-12H2,1-2H3,(H,31,32,33,35);2-5,14-16,31,34H,6-13H2,1H3,(H,32,33,35). The molecule has 6 aliphatic heterocycles. The maximum atomic E-state index is 15.4. The van der Waals surface area contributed by atoms with Gasteiger partial charge in [-0.1, -0.05) is 6.92 Å². The molecule has 38 heteroatoms. The number of aryl methyl sites for hydroxylation is 3. The number of morpholine rings is 3. The SMILES string of the molecule is CCN1CCN(c2ccc(Nc3ncnc(Oc4cc(F)c5[nH]c(C)cc5c4F)c3C(=O)N3CCOCC3)nc2)CC1.Cc1cc2c(F)c(Oc3ncnc(Nc4ccc(N5CCN(C)CC5)cn4)c3C(=O)N3CCOCC3)cc(F)c2[nH]1.Cc1cc2c(F)c(Oc3ncnc(Nc4ccc(N5CCNCC5)cc4)c3C(=O)N3CCOCC3)cc(F)c2[nH]1. The highest BCUT2D eigenvalue weighted by Crippen LogP contribution is 2.41. The number of rotatable bonds is 19. The van der Waals surface area contributed by atoms with Crippen molar-refractivity contribution in [3.8, 4) is 34.9 Å². The van der Waals surface area contributed by atoms with Gasteiger partial charge in [0.15, 0.2) is 69.6 Å². The van der Waals surface area contributed by atoms with Crippen molar-refractivity contribution in [2.75, 3.05) is 202 Å². The summed E-state index contributed by atoms with van der Waals surface area (Å²) in [6.45, 7) is 24.0. The Morgan fingerprint density at radius 2 is 0.748 bits per heavy atom. The minimum Gasteiger partial charge on any atom is -0.435 e. The van der Waals surface area contributed by atoms with E-state index in [0.717, 1.165) is 120 Å². The summed E-state index contributed by atoms with van der Waals surface area (Å²) < 4.78 is 124. The third kappa shape index (κ3) is 18.9. The fourth-order valence-corrected chi connectivity index (χ4v) is 15.3. The van der Waals surface area contributed by atoms with E-state index in [1.165, 1.54) is 37.2 Å². The number of amides is 3. The van der Waals surface area contributed by atoms with Crippen LogP contribution in [0.5, 0.6) is 34.9 Å². The molecular formula is C85H91F6N23O9. The number of pyridine rings is 2. The second-order valence-corrected chi connectivity index (χ2v) is 30.1. The van der Waals surface area contributed by atoms with E-state index in [1.807, 2.05) is 42.5 Å². The molecule has 7 N–H and O–H groups in total. The van der Waals surface area contributed by atoms with Gasteiger partial charge in [0, 0.05) is 181 Å². The second-order valence-electron chi connectivity index (χ2n) is 30.1. The Balaban J connectivity index is 0.000000137. The maximum absolute atomic E-state index is 15.4. The predicted octanol–water partition coefficient (Wildman–Crippen LogP) is 11.8. The summed E-state index contributed by atoms with van der Waals surface area (Å²) in [6.07, 6.45) is 7.15. The van der Waals surface area contributed by atoms with Crippen molar-refractivity contribution in [2.45, 2.75) is 27.7 Å². The highest BCUT2D eigenvalue weighted by molar-refractivity contribution is 6.04. The molecule has 0 radical (unpaired) electrons. The number of nitrogens with zero attached hydrogens (tertiary/aromatic N) is 16. The summed E-state index contributed by atoms with van der Waals surface area (Å²) in [5.41, 5.74) is 5.66. The van der Waals surface area contributed by atoms with Gasteiger partial charge in [0.05, 0.1) is 80.0 Å². The van der Waals surface area contributed by atoms with Crippen molar-refractivity contribution >= 4 is 102 Å². The first-order valence-corrected chi connectivity index (χ1v) is 40.6. The number of piperazine rings is 3.